The van der Waals surface area contributed by atoms with E-state index in [0.29, 0.717) is 43.0 Å². The van der Waals surface area contributed by atoms with Crippen molar-refractivity contribution in [3.8, 4) is 16.9 Å². The highest BCUT2D eigenvalue weighted by Gasteiger charge is 2.35. The number of hydrogen-bond acceptors (Lipinski definition) is 7. The lowest BCUT2D eigenvalue weighted by atomic mass is 9.89. The first-order valence-electron chi connectivity index (χ1n) is 12.1. The van der Waals surface area contributed by atoms with Crippen LogP contribution in [0.1, 0.15) is 56.2 Å². The number of aryl methyl sites for hydroxylation is 1. The summed E-state index contributed by atoms with van der Waals surface area (Å²) in [6, 6.07) is 5.91. The molecule has 1 amide bonds. The molecule has 0 saturated carbocycles. The summed E-state index contributed by atoms with van der Waals surface area (Å²) in [6.45, 7) is 9.22. The Bertz CT molecular complexity index is 1280. The normalized spacial score (nSPS) is 16.0. The second-order valence-corrected chi connectivity index (χ2v) is 10.4. The maximum Gasteiger partial charge on any atom is 0.420 e. The molecule has 1 saturated heterocycles. The number of nitrogens with zero attached hydrogens (tertiary/aromatic N) is 4. The van der Waals surface area contributed by atoms with Gasteiger partial charge in [-0.1, -0.05) is 0 Å². The summed E-state index contributed by atoms with van der Waals surface area (Å²) in [6.07, 6.45) is 6.37. The summed E-state index contributed by atoms with van der Waals surface area (Å²) in [5.74, 6) is 1.44. The van der Waals surface area contributed by atoms with Crippen LogP contribution in [0.3, 0.4) is 0 Å². The van der Waals surface area contributed by atoms with Gasteiger partial charge in [-0.15, -0.1) is 0 Å². The van der Waals surface area contributed by atoms with Gasteiger partial charge in [0.05, 0.1) is 5.69 Å². The van der Waals surface area contributed by atoms with Gasteiger partial charge in [-0.05, 0) is 92.9 Å². The van der Waals surface area contributed by atoms with Crippen molar-refractivity contribution in [3.05, 3.63) is 58.8 Å². The van der Waals surface area contributed by atoms with Crippen molar-refractivity contribution in [2.75, 3.05) is 18.1 Å². The zero-order valence-electron chi connectivity index (χ0n) is 20.9. The van der Waals surface area contributed by atoms with Crippen LogP contribution in [0.15, 0.2) is 36.8 Å². The SMILES string of the molecule is Cc1cc(-c2cnc(Cl)nc2)cc2c1OCc1c(C3CCOCC3)ccnc1N2C(=O)OC(C)(C)C. The topological polar surface area (TPSA) is 86.7 Å². The molecule has 9 heteroatoms. The maximum absolute atomic E-state index is 13.7. The summed E-state index contributed by atoms with van der Waals surface area (Å²) in [5.41, 5.74) is 4.35. The molecule has 188 valence electrons. The van der Waals surface area contributed by atoms with Gasteiger partial charge in [-0.3, -0.25) is 0 Å². The number of rotatable bonds is 2. The quantitative estimate of drug-likeness (QED) is 0.372. The van der Waals surface area contributed by atoms with E-state index in [1.165, 1.54) is 0 Å². The molecule has 0 unspecified atom stereocenters. The third kappa shape index (κ3) is 4.88. The van der Waals surface area contributed by atoms with E-state index in [4.69, 9.17) is 25.8 Å². The second kappa shape index (κ2) is 9.67. The Morgan fingerprint density at radius 2 is 1.83 bits per heavy atom. The molecule has 1 fully saturated rings. The van der Waals surface area contributed by atoms with Gasteiger partial charge in [-0.25, -0.2) is 24.6 Å². The van der Waals surface area contributed by atoms with E-state index in [2.05, 4.69) is 15.0 Å². The van der Waals surface area contributed by atoms with Crippen LogP contribution in [0.5, 0.6) is 5.75 Å². The van der Waals surface area contributed by atoms with Crippen LogP contribution in [0.4, 0.5) is 16.3 Å². The zero-order chi connectivity index (χ0) is 25.4. The van der Waals surface area contributed by atoms with Crippen molar-refractivity contribution < 1.29 is 19.0 Å². The summed E-state index contributed by atoms with van der Waals surface area (Å²) in [5, 5.41) is 0.169. The Morgan fingerprint density at radius 3 is 2.53 bits per heavy atom. The molecular formula is C27H29ClN4O4. The van der Waals surface area contributed by atoms with Crippen molar-refractivity contribution in [3.63, 3.8) is 0 Å². The van der Waals surface area contributed by atoms with Crippen molar-refractivity contribution >= 4 is 29.2 Å². The largest absolute Gasteiger partial charge is 0.486 e. The minimum atomic E-state index is -0.695. The number of hydrogen-bond donors (Lipinski definition) is 0. The summed E-state index contributed by atoms with van der Waals surface area (Å²) in [4.78, 5) is 28.2. The Balaban J connectivity index is 1.68. The van der Waals surface area contributed by atoms with E-state index < -0.39 is 11.7 Å². The van der Waals surface area contributed by atoms with Gasteiger partial charge in [-0.2, -0.15) is 0 Å². The molecule has 8 nitrogen and oxygen atoms in total. The first kappa shape index (κ1) is 24.5. The van der Waals surface area contributed by atoms with Crippen LogP contribution in [0, 0.1) is 6.92 Å². The van der Waals surface area contributed by atoms with E-state index in [1.54, 1.807) is 23.5 Å². The number of carbonyl (C=O) groups is 1. The monoisotopic (exact) mass is 508 g/mol. The van der Waals surface area contributed by atoms with Gasteiger partial charge in [0.1, 0.15) is 23.8 Å². The minimum Gasteiger partial charge on any atom is -0.486 e. The molecule has 36 heavy (non-hydrogen) atoms. The third-order valence-electron chi connectivity index (χ3n) is 6.33. The number of benzene rings is 1. The fourth-order valence-electron chi connectivity index (χ4n) is 4.72. The van der Waals surface area contributed by atoms with Gasteiger partial charge in [0, 0.05) is 42.9 Å². The van der Waals surface area contributed by atoms with Crippen LogP contribution in [0.2, 0.25) is 5.28 Å². The predicted octanol–water partition coefficient (Wildman–Crippen LogP) is 6.36. The van der Waals surface area contributed by atoms with Gasteiger partial charge in [0.25, 0.3) is 0 Å². The number of halogens is 1. The van der Waals surface area contributed by atoms with E-state index in [0.717, 1.165) is 40.7 Å². The molecule has 0 N–H and O–H groups in total. The van der Waals surface area contributed by atoms with Gasteiger partial charge in [0.2, 0.25) is 5.28 Å². The summed E-state index contributed by atoms with van der Waals surface area (Å²) < 4.78 is 17.8. The molecule has 0 bridgehead atoms. The predicted molar refractivity (Wildman–Crippen MR) is 137 cm³/mol. The van der Waals surface area contributed by atoms with E-state index in [9.17, 15) is 4.79 Å². The molecular weight excluding hydrogens is 480 g/mol. The number of amides is 1. The highest BCUT2D eigenvalue weighted by atomic mass is 35.5. The van der Waals surface area contributed by atoms with E-state index in [1.807, 2.05) is 45.9 Å². The second-order valence-electron chi connectivity index (χ2n) is 10.1. The number of aromatic nitrogens is 3. The third-order valence-corrected chi connectivity index (χ3v) is 6.52. The molecule has 2 aliphatic rings. The lowest BCUT2D eigenvalue weighted by Crippen LogP contribution is -2.34. The molecule has 0 radical (unpaired) electrons. The number of carbonyl (C=O) groups excluding carboxylic acids is 1. The lowest BCUT2D eigenvalue weighted by molar-refractivity contribution is 0.0597. The number of anilines is 2. The molecule has 5 rings (SSSR count). The molecule has 1 aromatic carbocycles. The van der Waals surface area contributed by atoms with Gasteiger partial charge < -0.3 is 14.2 Å². The first-order chi connectivity index (χ1) is 17.2. The Morgan fingerprint density at radius 1 is 1.11 bits per heavy atom. The fourth-order valence-corrected chi connectivity index (χ4v) is 4.81. The maximum atomic E-state index is 13.7. The molecule has 2 aliphatic heterocycles. The highest BCUT2D eigenvalue weighted by molar-refractivity contribution is 6.28. The number of fused-ring (bicyclic) bond motifs is 2. The summed E-state index contributed by atoms with van der Waals surface area (Å²) in [7, 11) is 0. The van der Waals surface area contributed by atoms with Crippen molar-refractivity contribution in [1.29, 1.82) is 0 Å². The molecule has 0 spiro atoms. The standard InChI is InChI=1S/C27H29ClN4O4/c1-16-11-18(19-13-30-25(28)31-14-19)12-22-23(16)35-15-21-20(17-6-9-34-10-7-17)5-8-29-24(21)32(22)26(33)36-27(2,3)4/h5,8,11-14,17H,6-7,9-10,15H2,1-4H3. The van der Waals surface area contributed by atoms with Crippen LogP contribution in [-0.4, -0.2) is 39.9 Å². The fraction of sp³-hybridized carbons (Fsp3) is 0.407. The van der Waals surface area contributed by atoms with Gasteiger partial charge in [0.15, 0.2) is 0 Å². The molecule has 3 aromatic rings. The lowest BCUT2D eigenvalue weighted by Gasteiger charge is -2.29. The smallest absolute Gasteiger partial charge is 0.420 e. The Hall–Kier alpha value is -3.23. The Labute approximate surface area is 215 Å². The van der Waals surface area contributed by atoms with Crippen LogP contribution in [0.25, 0.3) is 11.1 Å². The van der Waals surface area contributed by atoms with Crippen molar-refractivity contribution in [2.24, 2.45) is 0 Å². The van der Waals surface area contributed by atoms with E-state index >= 15 is 0 Å². The average Bonchev–Trinajstić information content (AvgIpc) is 3.01. The Kier molecular flexibility index (Phi) is 6.57. The van der Waals surface area contributed by atoms with E-state index in [-0.39, 0.29) is 5.28 Å². The minimum absolute atomic E-state index is 0.169. The molecule has 0 atom stereocenters. The molecule has 4 heterocycles. The average molecular weight is 509 g/mol. The highest BCUT2D eigenvalue weighted by Crippen LogP contribution is 2.45. The van der Waals surface area contributed by atoms with Crippen LogP contribution < -0.4 is 9.64 Å². The number of ether oxygens (including phenoxy) is 3. The van der Waals surface area contributed by atoms with Crippen molar-refractivity contribution in [1.82, 2.24) is 15.0 Å². The first-order valence-corrected chi connectivity index (χ1v) is 12.4. The zero-order valence-corrected chi connectivity index (χ0v) is 21.6. The molecule has 2 aromatic heterocycles. The molecule has 0 aliphatic carbocycles. The van der Waals surface area contributed by atoms with Crippen LogP contribution >= 0.6 is 11.6 Å². The summed E-state index contributed by atoms with van der Waals surface area (Å²) >= 11 is 5.90. The van der Waals surface area contributed by atoms with Crippen LogP contribution in [-0.2, 0) is 16.1 Å². The number of pyridine rings is 1. The van der Waals surface area contributed by atoms with Gasteiger partial charge >= 0.3 is 6.09 Å². The van der Waals surface area contributed by atoms with Crippen molar-refractivity contribution in [2.45, 2.75) is 58.7 Å².